The van der Waals surface area contributed by atoms with Gasteiger partial charge in [0.05, 0.1) is 12.7 Å². The molecule has 0 amide bonds. The summed E-state index contributed by atoms with van der Waals surface area (Å²) in [7, 11) is 0. The molecular weight excluding hydrogens is 246 g/mol. The van der Waals surface area contributed by atoms with Crippen molar-refractivity contribution in [2.45, 2.75) is 13.0 Å². The van der Waals surface area contributed by atoms with Crippen LogP contribution in [0.15, 0.2) is 18.2 Å². The zero-order valence-electron chi connectivity index (χ0n) is 11.0. The number of ether oxygens (including phenoxy) is 1. The lowest BCUT2D eigenvalue weighted by Crippen LogP contribution is -2.45. The summed E-state index contributed by atoms with van der Waals surface area (Å²) in [5, 5.41) is 12.0. The molecule has 1 aliphatic heterocycles. The van der Waals surface area contributed by atoms with E-state index in [9.17, 15) is 4.79 Å². The van der Waals surface area contributed by atoms with E-state index in [1.54, 1.807) is 12.1 Å². The van der Waals surface area contributed by atoms with Crippen molar-refractivity contribution in [2.75, 3.05) is 38.1 Å². The number of morpholine rings is 1. The fraction of sp³-hybridized carbons (Fsp3) is 0.538. The second-order valence-corrected chi connectivity index (χ2v) is 4.48. The van der Waals surface area contributed by atoms with Crippen molar-refractivity contribution in [2.24, 2.45) is 0 Å². The van der Waals surface area contributed by atoms with E-state index in [0.717, 1.165) is 26.2 Å². The van der Waals surface area contributed by atoms with Gasteiger partial charge in [-0.3, -0.25) is 4.90 Å². The second-order valence-electron chi connectivity index (χ2n) is 4.48. The van der Waals surface area contributed by atoms with Gasteiger partial charge >= 0.3 is 5.97 Å². The lowest BCUT2D eigenvalue weighted by atomic mass is 10.2. The van der Waals surface area contributed by atoms with E-state index in [0.29, 0.717) is 12.4 Å². The van der Waals surface area contributed by atoms with Crippen LogP contribution in [0.25, 0.3) is 0 Å². The predicted octanol–water partition coefficient (Wildman–Crippen LogP) is 0.912. The summed E-state index contributed by atoms with van der Waals surface area (Å²) in [4.78, 5) is 17.2. The summed E-state index contributed by atoms with van der Waals surface area (Å²) < 4.78 is 5.66. The monoisotopic (exact) mass is 265 g/mol. The number of nitrogens with zero attached hydrogens (tertiary/aromatic N) is 2. The third-order valence-electron chi connectivity index (χ3n) is 3.15. The van der Waals surface area contributed by atoms with Gasteiger partial charge in [0.2, 0.25) is 0 Å². The number of hydrogen-bond acceptors (Lipinski definition) is 5. The summed E-state index contributed by atoms with van der Waals surface area (Å²) in [5.41, 5.74) is 0.0461. The number of aromatic nitrogens is 1. The number of hydrogen-bond donors (Lipinski definition) is 2. The van der Waals surface area contributed by atoms with Gasteiger partial charge in [-0.15, -0.1) is 0 Å². The summed E-state index contributed by atoms with van der Waals surface area (Å²) in [6.45, 7) is 6.39. The number of carboxylic acids is 1. The molecule has 104 valence electrons. The van der Waals surface area contributed by atoms with Gasteiger partial charge in [0, 0.05) is 19.6 Å². The van der Waals surface area contributed by atoms with Crippen LogP contribution in [0.4, 0.5) is 5.82 Å². The zero-order chi connectivity index (χ0) is 13.7. The summed E-state index contributed by atoms with van der Waals surface area (Å²) >= 11 is 0. The quantitative estimate of drug-likeness (QED) is 0.824. The molecule has 0 spiro atoms. The van der Waals surface area contributed by atoms with Crippen LogP contribution in [0.1, 0.15) is 17.4 Å². The molecule has 0 aliphatic carbocycles. The Morgan fingerprint density at radius 3 is 3.21 bits per heavy atom. The Balaban J connectivity index is 1.88. The number of carbonyl (C=O) groups is 1. The van der Waals surface area contributed by atoms with E-state index in [2.05, 4.69) is 22.1 Å². The molecule has 2 rings (SSSR count). The Hall–Kier alpha value is -1.66. The first kappa shape index (κ1) is 13.8. The fourth-order valence-corrected chi connectivity index (χ4v) is 2.06. The molecule has 0 aromatic carbocycles. The van der Waals surface area contributed by atoms with Crippen LogP contribution in [-0.2, 0) is 4.74 Å². The van der Waals surface area contributed by atoms with Crippen molar-refractivity contribution in [3.63, 3.8) is 0 Å². The van der Waals surface area contributed by atoms with Gasteiger partial charge in [0.15, 0.2) is 5.69 Å². The number of pyridine rings is 1. The van der Waals surface area contributed by atoms with Gasteiger partial charge in [0.1, 0.15) is 5.82 Å². The first-order valence-electron chi connectivity index (χ1n) is 6.47. The Labute approximate surface area is 112 Å². The minimum absolute atomic E-state index is 0.0461. The molecule has 1 aromatic rings. The normalized spacial score (nSPS) is 20.2. The van der Waals surface area contributed by atoms with Crippen molar-refractivity contribution in [3.05, 3.63) is 23.9 Å². The predicted molar refractivity (Wildman–Crippen MR) is 71.5 cm³/mol. The van der Waals surface area contributed by atoms with Crippen molar-refractivity contribution in [3.8, 4) is 0 Å². The van der Waals surface area contributed by atoms with Crippen molar-refractivity contribution < 1.29 is 14.6 Å². The van der Waals surface area contributed by atoms with Gasteiger partial charge in [-0.2, -0.15) is 0 Å². The minimum Gasteiger partial charge on any atom is -0.477 e. The molecule has 6 heteroatoms. The lowest BCUT2D eigenvalue weighted by Gasteiger charge is -2.32. The maximum atomic E-state index is 10.8. The number of carboxylic acid groups (broad SMARTS) is 1. The van der Waals surface area contributed by atoms with Crippen molar-refractivity contribution in [1.29, 1.82) is 0 Å². The minimum atomic E-state index is -1.02. The smallest absolute Gasteiger partial charge is 0.354 e. The summed E-state index contributed by atoms with van der Waals surface area (Å²) in [6, 6.07) is 4.91. The Morgan fingerprint density at radius 2 is 2.47 bits per heavy atom. The fourth-order valence-electron chi connectivity index (χ4n) is 2.06. The van der Waals surface area contributed by atoms with Crippen LogP contribution in [0, 0.1) is 0 Å². The van der Waals surface area contributed by atoms with Gasteiger partial charge in [-0.25, -0.2) is 9.78 Å². The van der Waals surface area contributed by atoms with Crippen LogP contribution in [-0.4, -0.2) is 59.8 Å². The zero-order valence-corrected chi connectivity index (χ0v) is 11.0. The first-order chi connectivity index (χ1) is 9.19. The highest BCUT2D eigenvalue weighted by molar-refractivity contribution is 5.85. The first-order valence-corrected chi connectivity index (χ1v) is 6.47. The molecule has 0 bridgehead atoms. The Bertz CT molecular complexity index is 439. The number of likely N-dealkylation sites (N-methyl/N-ethyl adjacent to an activating group) is 1. The molecule has 1 saturated heterocycles. The molecule has 6 nitrogen and oxygen atoms in total. The third kappa shape index (κ3) is 3.90. The maximum absolute atomic E-state index is 10.8. The summed E-state index contributed by atoms with van der Waals surface area (Å²) in [6.07, 6.45) is 0.115. The van der Waals surface area contributed by atoms with E-state index in [1.165, 1.54) is 6.07 Å². The van der Waals surface area contributed by atoms with Gasteiger partial charge in [-0.1, -0.05) is 13.0 Å². The van der Waals surface area contributed by atoms with E-state index in [4.69, 9.17) is 9.84 Å². The van der Waals surface area contributed by atoms with Crippen LogP contribution < -0.4 is 5.32 Å². The second kappa shape index (κ2) is 6.49. The van der Waals surface area contributed by atoms with Gasteiger partial charge in [0.25, 0.3) is 0 Å². The number of rotatable bonds is 5. The Kier molecular flexibility index (Phi) is 4.70. The molecule has 2 heterocycles. The molecule has 0 radical (unpaired) electrons. The van der Waals surface area contributed by atoms with Crippen molar-refractivity contribution in [1.82, 2.24) is 9.88 Å². The standard InChI is InChI=1S/C13H19N3O3/c1-2-16-6-7-19-10(9-16)8-14-12-5-3-4-11(15-12)13(17)18/h3-5,10H,2,6-9H2,1H3,(H,14,15)(H,17,18). The highest BCUT2D eigenvalue weighted by atomic mass is 16.5. The van der Waals surface area contributed by atoms with E-state index >= 15 is 0 Å². The molecule has 1 aromatic heterocycles. The third-order valence-corrected chi connectivity index (χ3v) is 3.15. The number of aromatic carboxylic acids is 1. The van der Waals surface area contributed by atoms with Crippen LogP contribution >= 0.6 is 0 Å². The average Bonchev–Trinajstić information content (AvgIpc) is 2.45. The molecular formula is C13H19N3O3. The van der Waals surface area contributed by atoms with Crippen LogP contribution in [0.5, 0.6) is 0 Å². The Morgan fingerprint density at radius 1 is 1.63 bits per heavy atom. The molecule has 19 heavy (non-hydrogen) atoms. The molecule has 2 N–H and O–H groups in total. The largest absolute Gasteiger partial charge is 0.477 e. The van der Waals surface area contributed by atoms with Gasteiger partial charge in [-0.05, 0) is 18.7 Å². The number of anilines is 1. The number of nitrogens with one attached hydrogen (secondary N) is 1. The highest BCUT2D eigenvalue weighted by Gasteiger charge is 2.19. The highest BCUT2D eigenvalue weighted by Crippen LogP contribution is 2.08. The van der Waals surface area contributed by atoms with E-state index in [-0.39, 0.29) is 11.8 Å². The average molecular weight is 265 g/mol. The van der Waals surface area contributed by atoms with Crippen molar-refractivity contribution >= 4 is 11.8 Å². The van der Waals surface area contributed by atoms with E-state index in [1.807, 2.05) is 0 Å². The van der Waals surface area contributed by atoms with Gasteiger partial charge < -0.3 is 15.2 Å². The summed E-state index contributed by atoms with van der Waals surface area (Å²) in [5.74, 6) is -0.452. The molecule has 1 aliphatic rings. The molecule has 0 saturated carbocycles. The topological polar surface area (TPSA) is 74.7 Å². The SMILES string of the molecule is CCN1CCOC(CNc2cccc(C(=O)O)n2)C1. The molecule has 1 fully saturated rings. The van der Waals surface area contributed by atoms with E-state index < -0.39 is 5.97 Å². The molecule has 1 unspecified atom stereocenters. The van der Waals surface area contributed by atoms with Crippen LogP contribution in [0.3, 0.4) is 0 Å². The van der Waals surface area contributed by atoms with Crippen LogP contribution in [0.2, 0.25) is 0 Å². The molecule has 1 atom stereocenters. The maximum Gasteiger partial charge on any atom is 0.354 e. The lowest BCUT2D eigenvalue weighted by molar-refractivity contribution is -0.0192.